The number of phenolic OH excluding ortho intramolecular Hbond substituents is 1. The van der Waals surface area contributed by atoms with E-state index in [1.54, 1.807) is 0 Å². The van der Waals surface area contributed by atoms with E-state index in [0.29, 0.717) is 104 Å². The van der Waals surface area contributed by atoms with Crippen molar-refractivity contribution < 1.29 is 60.3 Å². The number of hydrogen-bond acceptors (Lipinski definition) is 11. The minimum Gasteiger partial charge on any atom is -0.507 e. The summed E-state index contributed by atoms with van der Waals surface area (Å²) >= 11 is 0. The zero-order chi connectivity index (χ0) is 75.9. The highest BCUT2D eigenvalue weighted by Crippen LogP contribution is 2.62. The second kappa shape index (κ2) is 24.9. The Bertz CT molecular complexity index is 4760. The standard InChI is InChI=1S/C88H107O13P3/c1-81(2,3)65-33-49-25-51-35-66(82(4,5)6)41-57-29-59-43-71(87(19,20)21)47-63-31-61-45-69(85(13,14)15)39-55(77(61)98-103(93,96-75(51)57)100-79(59)63)27-53-37-68(84(10,11)12)38-54(74(53)95-102(90,91)92)28-56-40-70(86(16,17)18)46-62-32-64-48-72(88(22,23)24)44-60-30-58-42-67(83(7,8)9)36-52(26-50(34-65)73(49)89)76(58)97-104(94,99-78(56)62)101-80(60)64/h33-48,89H,25-32H2,1-24H3,(H2,90,91,92). The van der Waals surface area contributed by atoms with Crippen molar-refractivity contribution in [1.29, 1.82) is 0 Å². The van der Waals surface area contributed by atoms with Crippen molar-refractivity contribution in [3.05, 3.63) is 231 Å². The van der Waals surface area contributed by atoms with Gasteiger partial charge in [-0.15, -0.1) is 0 Å². The predicted octanol–water partition coefficient (Wildman–Crippen LogP) is 22.8. The number of phosphoric acid groups is 3. The molecule has 2 atom stereocenters. The van der Waals surface area contributed by atoms with Crippen LogP contribution in [0.5, 0.6) is 46.0 Å². The summed E-state index contributed by atoms with van der Waals surface area (Å²) in [7, 11) is -15.2. The van der Waals surface area contributed by atoms with Crippen LogP contribution >= 0.6 is 23.5 Å². The molecule has 13 nitrogen and oxygen atoms in total. The molecule has 0 fully saturated rings. The van der Waals surface area contributed by atoms with Crippen molar-refractivity contribution in [2.75, 3.05) is 0 Å². The zero-order valence-corrected chi connectivity index (χ0v) is 68.3. The Morgan fingerprint density at radius 2 is 0.404 bits per heavy atom. The summed E-state index contributed by atoms with van der Waals surface area (Å²) < 4.78 is 97.2. The van der Waals surface area contributed by atoms with E-state index in [1.807, 2.05) is 24.3 Å². The van der Waals surface area contributed by atoms with Crippen LogP contribution in [0.2, 0.25) is 0 Å². The van der Waals surface area contributed by atoms with Crippen LogP contribution in [0.3, 0.4) is 0 Å². The van der Waals surface area contributed by atoms with Crippen molar-refractivity contribution in [2.24, 2.45) is 0 Å². The van der Waals surface area contributed by atoms with Gasteiger partial charge in [-0.05, 0) is 177 Å². The lowest BCUT2D eigenvalue weighted by Gasteiger charge is -2.34. The van der Waals surface area contributed by atoms with Crippen molar-refractivity contribution >= 4 is 23.5 Å². The van der Waals surface area contributed by atoms with Crippen LogP contribution in [0.1, 0.15) is 300 Å². The normalized spacial score (nSPS) is 18.3. The highest BCUT2D eigenvalue weighted by Gasteiger charge is 2.46. The lowest BCUT2D eigenvalue weighted by Crippen LogP contribution is -2.22. The summed E-state index contributed by atoms with van der Waals surface area (Å²) in [5, 5.41) is 13.5. The van der Waals surface area contributed by atoms with Crippen LogP contribution < -0.4 is 31.7 Å². The van der Waals surface area contributed by atoms with E-state index in [-0.39, 0.29) is 59.5 Å². The third-order valence-corrected chi connectivity index (χ3v) is 24.2. The van der Waals surface area contributed by atoms with Crippen molar-refractivity contribution in [2.45, 2.75) is 261 Å². The molecular formula is C88H107O13P3. The molecule has 3 N–H and O–H groups in total. The summed E-state index contributed by atoms with van der Waals surface area (Å²) in [5.41, 5.74) is 14.8. The zero-order valence-electron chi connectivity index (χ0n) is 65.7. The van der Waals surface area contributed by atoms with Crippen LogP contribution in [0, 0.1) is 0 Å². The quantitative estimate of drug-likeness (QED) is 0.140. The number of aromatic hydroxyl groups is 1. The predicted molar refractivity (Wildman–Crippen MR) is 417 cm³/mol. The molecule has 0 aromatic heterocycles. The summed E-state index contributed by atoms with van der Waals surface area (Å²) in [4.78, 5) is 22.7. The SMILES string of the molecule is CC(C)(C)c1cc2c(O)c(c1)Cc1cc(C(C)(C)C)cc3c1OP1(=O)Oc4c(cc(C(C)(C)C)cc4Cc4cc(C(C)(C)C)cc(c4O1)C3)Cc1cc(C(C)(C)C)cc(c1OP(=O)(O)O)Cc1cc(C(C)(C)C)cc3c1OP1(=O)Oc4c(cc(C(C)(C)C)cc4Cc4cc(C(C)(C)C)cc(c4O1)C3)C2. The van der Waals surface area contributed by atoms with Gasteiger partial charge in [0.2, 0.25) is 0 Å². The minimum atomic E-state index is -5.40. The van der Waals surface area contributed by atoms with Gasteiger partial charge in [0.15, 0.2) is 0 Å². The van der Waals surface area contributed by atoms with Crippen molar-refractivity contribution in [3.63, 3.8) is 0 Å². The molecule has 8 aromatic carbocycles. The second-order valence-electron chi connectivity index (χ2n) is 38.4. The minimum absolute atomic E-state index is 0.0418. The Kier molecular flexibility index (Phi) is 18.0. The molecule has 2 unspecified atom stereocenters. The van der Waals surface area contributed by atoms with Crippen molar-refractivity contribution in [3.8, 4) is 46.0 Å². The number of fused-ring (bicyclic) bond motifs is 4. The van der Waals surface area contributed by atoms with E-state index in [4.69, 9.17) is 31.7 Å². The molecule has 0 amide bonds. The first-order valence-corrected chi connectivity index (χ1v) is 41.2. The molecule has 552 valence electrons. The van der Waals surface area contributed by atoms with Gasteiger partial charge in [0.05, 0.1) is 0 Å². The smallest absolute Gasteiger partial charge is 0.507 e. The lowest BCUT2D eigenvalue weighted by atomic mass is 9.79. The van der Waals surface area contributed by atoms with Crippen LogP contribution in [0.25, 0.3) is 0 Å². The molecule has 0 radical (unpaired) electrons. The van der Waals surface area contributed by atoms with Crippen LogP contribution in [-0.4, -0.2) is 14.9 Å². The molecule has 0 saturated heterocycles. The summed E-state index contributed by atoms with van der Waals surface area (Å²) in [6.07, 6.45) is 1.39. The van der Waals surface area contributed by atoms with E-state index in [0.717, 1.165) is 77.9 Å². The molecular weight excluding hydrogens is 1360 g/mol. The van der Waals surface area contributed by atoms with E-state index < -0.39 is 56.0 Å². The molecule has 16 heteroatoms. The molecule has 104 heavy (non-hydrogen) atoms. The van der Waals surface area contributed by atoms with Gasteiger partial charge in [0.25, 0.3) is 0 Å². The van der Waals surface area contributed by atoms with Gasteiger partial charge in [-0.25, -0.2) is 4.57 Å². The van der Waals surface area contributed by atoms with Crippen LogP contribution in [0.4, 0.5) is 0 Å². The van der Waals surface area contributed by atoms with Gasteiger partial charge >= 0.3 is 23.5 Å². The first kappa shape index (κ1) is 75.0. The highest BCUT2D eigenvalue weighted by atomic mass is 31.2. The molecule has 0 aliphatic carbocycles. The Hall–Kier alpha value is -7.23. The Morgan fingerprint density at radius 1 is 0.269 bits per heavy atom. The largest absolute Gasteiger partial charge is 0.647 e. The van der Waals surface area contributed by atoms with Gasteiger partial charge in [-0.3, -0.25) is 9.79 Å². The maximum absolute atomic E-state index is 17.0. The van der Waals surface area contributed by atoms with Gasteiger partial charge in [-0.2, -0.15) is 9.13 Å². The topological polar surface area (TPSA) is 177 Å². The summed E-state index contributed by atoms with van der Waals surface area (Å²) in [5.74, 6) is 1.87. The van der Waals surface area contributed by atoms with E-state index in [9.17, 15) is 19.5 Å². The van der Waals surface area contributed by atoms with Crippen molar-refractivity contribution in [1.82, 2.24) is 0 Å². The van der Waals surface area contributed by atoms with Crippen LogP contribution in [-0.2, 0) is 108 Å². The Morgan fingerprint density at radius 3 is 0.558 bits per heavy atom. The number of hydrogen-bond donors (Lipinski definition) is 3. The van der Waals surface area contributed by atoms with Gasteiger partial charge in [0.1, 0.15) is 46.0 Å². The molecule has 12 bridgehead atoms. The van der Waals surface area contributed by atoms with E-state index >= 15 is 9.13 Å². The number of rotatable bonds is 2. The second-order valence-corrected chi connectivity index (χ2v) is 42.5. The summed E-state index contributed by atoms with van der Waals surface area (Å²) in [6.45, 7) is 51.7. The molecule has 0 saturated carbocycles. The van der Waals surface area contributed by atoms with Gasteiger partial charge < -0.3 is 36.8 Å². The molecule has 5 heterocycles. The van der Waals surface area contributed by atoms with E-state index in [2.05, 4.69) is 239 Å². The van der Waals surface area contributed by atoms with Crippen LogP contribution in [0.15, 0.2) is 97.1 Å². The number of phenols is 1. The highest BCUT2D eigenvalue weighted by molar-refractivity contribution is 7.50. The summed E-state index contributed by atoms with van der Waals surface area (Å²) in [6, 6.07) is 33.4. The molecule has 5 aliphatic rings. The third-order valence-electron chi connectivity index (χ3n) is 21.4. The molecule has 5 aliphatic heterocycles. The molecule has 8 aromatic rings. The average molecular weight is 1470 g/mol. The van der Waals surface area contributed by atoms with E-state index in [1.165, 1.54) is 0 Å². The maximum Gasteiger partial charge on any atom is 0.647 e. The fourth-order valence-electron chi connectivity index (χ4n) is 15.0. The van der Waals surface area contributed by atoms with Gasteiger partial charge in [-0.1, -0.05) is 263 Å². The third kappa shape index (κ3) is 15.0. The Balaban J connectivity index is 1.19. The lowest BCUT2D eigenvalue weighted by molar-refractivity contribution is 0.281. The molecule has 13 rings (SSSR count). The monoisotopic (exact) mass is 1460 g/mol. The number of phosphoric ester groups is 3. The fraction of sp³-hybridized carbons (Fsp3) is 0.455. The average Bonchev–Trinajstić information content (AvgIpc) is 0.740. The maximum atomic E-state index is 17.0. The first-order valence-electron chi connectivity index (χ1n) is 36.8. The van der Waals surface area contributed by atoms with Gasteiger partial charge in [0, 0.05) is 51.4 Å². The first-order chi connectivity index (χ1) is 47.6. The number of benzene rings is 8. The Labute approximate surface area is 617 Å². The molecule has 0 spiro atoms. The fourth-order valence-corrected chi connectivity index (χ4v) is 18.4.